The maximum atomic E-state index is 11.8. The predicted molar refractivity (Wildman–Crippen MR) is 90.1 cm³/mol. The van der Waals surface area contributed by atoms with Crippen LogP contribution in [0.15, 0.2) is 53.6 Å². The first-order chi connectivity index (χ1) is 11.6. The van der Waals surface area contributed by atoms with Crippen LogP contribution in [0.2, 0.25) is 0 Å². The van der Waals surface area contributed by atoms with E-state index in [0.717, 1.165) is 0 Å². The van der Waals surface area contributed by atoms with Crippen LogP contribution >= 0.6 is 0 Å². The highest BCUT2D eigenvalue weighted by Gasteiger charge is 2.12. The summed E-state index contributed by atoms with van der Waals surface area (Å²) in [6.07, 6.45) is 1.25. The molecular formula is C17H17N3O4. The Labute approximate surface area is 139 Å². The van der Waals surface area contributed by atoms with Crippen LogP contribution < -0.4 is 15.5 Å². The second-order valence-corrected chi connectivity index (χ2v) is 4.67. The Morgan fingerprint density at radius 1 is 1.12 bits per heavy atom. The Kier molecular flexibility index (Phi) is 5.90. The fourth-order valence-electron chi connectivity index (χ4n) is 1.80. The molecule has 0 saturated heterocycles. The van der Waals surface area contributed by atoms with Crippen LogP contribution in [0.5, 0.6) is 11.5 Å². The maximum Gasteiger partial charge on any atom is 0.329 e. The van der Waals surface area contributed by atoms with Gasteiger partial charge in [-0.2, -0.15) is 5.10 Å². The number of ether oxygens (including phenoxy) is 1. The molecule has 7 heteroatoms. The summed E-state index contributed by atoms with van der Waals surface area (Å²) in [5, 5.41) is 15.6. The number of nitrogens with one attached hydrogen (secondary N) is 2. The number of hydrazone groups is 1. The van der Waals surface area contributed by atoms with Gasteiger partial charge in [0.2, 0.25) is 0 Å². The largest absolute Gasteiger partial charge is 0.507 e. The van der Waals surface area contributed by atoms with Crippen LogP contribution in [0.25, 0.3) is 0 Å². The summed E-state index contributed by atoms with van der Waals surface area (Å²) in [6.45, 7) is 2.42. The minimum Gasteiger partial charge on any atom is -0.507 e. The molecule has 0 saturated carbocycles. The fourth-order valence-corrected chi connectivity index (χ4v) is 1.80. The molecule has 0 radical (unpaired) electrons. The lowest BCUT2D eigenvalue weighted by Crippen LogP contribution is -2.32. The average molecular weight is 327 g/mol. The zero-order chi connectivity index (χ0) is 17.4. The van der Waals surface area contributed by atoms with Crippen molar-refractivity contribution in [2.75, 3.05) is 11.9 Å². The number of phenols is 1. The van der Waals surface area contributed by atoms with E-state index in [0.29, 0.717) is 23.6 Å². The Morgan fingerprint density at radius 2 is 1.83 bits per heavy atom. The van der Waals surface area contributed by atoms with E-state index >= 15 is 0 Å². The molecular weight excluding hydrogens is 310 g/mol. The van der Waals surface area contributed by atoms with Crippen LogP contribution in [0.4, 0.5) is 5.69 Å². The molecule has 3 N–H and O–H groups in total. The monoisotopic (exact) mass is 327 g/mol. The fraction of sp³-hybridized carbons (Fsp3) is 0.118. The summed E-state index contributed by atoms with van der Waals surface area (Å²) in [5.74, 6) is -1.08. The summed E-state index contributed by atoms with van der Waals surface area (Å²) < 4.78 is 5.29. The van der Waals surface area contributed by atoms with E-state index in [1.165, 1.54) is 12.3 Å². The zero-order valence-corrected chi connectivity index (χ0v) is 13.0. The lowest BCUT2D eigenvalue weighted by atomic mass is 10.2. The van der Waals surface area contributed by atoms with E-state index in [1.54, 1.807) is 42.5 Å². The lowest BCUT2D eigenvalue weighted by Gasteiger charge is -2.06. The molecule has 0 fully saturated rings. The normalized spacial score (nSPS) is 10.4. The molecule has 0 aliphatic heterocycles. The second kappa shape index (κ2) is 8.33. The van der Waals surface area contributed by atoms with Crippen LogP contribution in [0.3, 0.4) is 0 Å². The number of phenolic OH excluding ortho intramolecular Hbond substituents is 1. The van der Waals surface area contributed by atoms with Gasteiger partial charge in [-0.25, -0.2) is 5.43 Å². The van der Waals surface area contributed by atoms with Gasteiger partial charge in [-0.1, -0.05) is 12.1 Å². The van der Waals surface area contributed by atoms with E-state index < -0.39 is 11.8 Å². The molecule has 0 aliphatic rings. The van der Waals surface area contributed by atoms with Crippen molar-refractivity contribution in [3.63, 3.8) is 0 Å². The van der Waals surface area contributed by atoms with Crippen molar-refractivity contribution in [2.45, 2.75) is 6.92 Å². The molecule has 2 rings (SSSR count). The van der Waals surface area contributed by atoms with Crippen molar-refractivity contribution in [3.05, 3.63) is 54.1 Å². The minimum atomic E-state index is -0.921. The molecule has 0 aromatic heterocycles. The van der Waals surface area contributed by atoms with Crippen molar-refractivity contribution < 1.29 is 19.4 Å². The molecule has 0 bridgehead atoms. The number of carbonyl (C=O) groups excluding carboxylic acids is 2. The second-order valence-electron chi connectivity index (χ2n) is 4.67. The number of para-hydroxylation sites is 1. The van der Waals surface area contributed by atoms with E-state index in [2.05, 4.69) is 15.8 Å². The molecule has 0 spiro atoms. The van der Waals surface area contributed by atoms with Gasteiger partial charge >= 0.3 is 11.8 Å². The quantitative estimate of drug-likeness (QED) is 0.443. The number of aromatic hydroxyl groups is 1. The first-order valence-electron chi connectivity index (χ1n) is 7.25. The van der Waals surface area contributed by atoms with E-state index in [-0.39, 0.29) is 5.75 Å². The lowest BCUT2D eigenvalue weighted by molar-refractivity contribution is -0.136. The SMILES string of the molecule is CCOc1ccc(NC(=O)C(=O)N/N=C/c2ccccc2O)cc1. The van der Waals surface area contributed by atoms with Crippen LogP contribution in [0, 0.1) is 0 Å². The van der Waals surface area contributed by atoms with E-state index in [4.69, 9.17) is 4.74 Å². The third-order valence-electron chi connectivity index (χ3n) is 2.94. The summed E-state index contributed by atoms with van der Waals surface area (Å²) in [7, 11) is 0. The molecule has 2 aromatic carbocycles. The van der Waals surface area contributed by atoms with Crippen LogP contribution in [-0.4, -0.2) is 29.7 Å². The summed E-state index contributed by atoms with van der Waals surface area (Å²) in [6, 6.07) is 13.1. The molecule has 24 heavy (non-hydrogen) atoms. The Bertz CT molecular complexity index is 742. The molecule has 0 heterocycles. The highest BCUT2D eigenvalue weighted by atomic mass is 16.5. The summed E-state index contributed by atoms with van der Waals surface area (Å²) in [4.78, 5) is 23.4. The van der Waals surface area contributed by atoms with Crippen molar-refractivity contribution in [2.24, 2.45) is 5.10 Å². The Hall–Kier alpha value is -3.35. The number of hydrogen-bond donors (Lipinski definition) is 3. The van der Waals surface area contributed by atoms with Crippen LogP contribution in [-0.2, 0) is 9.59 Å². The standard InChI is InChI=1S/C17H17N3O4/c1-2-24-14-9-7-13(8-10-14)19-16(22)17(23)20-18-11-12-5-3-4-6-15(12)21/h3-11,21H,2H2,1H3,(H,19,22)(H,20,23)/b18-11+. The number of carbonyl (C=O) groups is 2. The number of rotatable bonds is 5. The topological polar surface area (TPSA) is 100 Å². The number of amides is 2. The van der Waals surface area contributed by atoms with Crippen molar-refractivity contribution >= 4 is 23.7 Å². The van der Waals surface area contributed by atoms with Crippen LogP contribution in [0.1, 0.15) is 12.5 Å². The average Bonchev–Trinajstić information content (AvgIpc) is 2.58. The molecule has 2 amide bonds. The number of nitrogens with zero attached hydrogens (tertiary/aromatic N) is 1. The Morgan fingerprint density at radius 3 is 2.50 bits per heavy atom. The molecule has 7 nitrogen and oxygen atoms in total. The highest BCUT2D eigenvalue weighted by Crippen LogP contribution is 2.15. The smallest absolute Gasteiger partial charge is 0.329 e. The minimum absolute atomic E-state index is 0.0225. The van der Waals surface area contributed by atoms with Gasteiger partial charge in [-0.05, 0) is 43.3 Å². The van der Waals surface area contributed by atoms with Gasteiger partial charge in [0.25, 0.3) is 0 Å². The molecule has 124 valence electrons. The molecule has 0 aliphatic carbocycles. The molecule has 0 unspecified atom stereocenters. The van der Waals surface area contributed by atoms with Crippen molar-refractivity contribution in [1.82, 2.24) is 5.43 Å². The summed E-state index contributed by atoms with van der Waals surface area (Å²) in [5.41, 5.74) is 2.98. The van der Waals surface area contributed by atoms with Crippen molar-refractivity contribution in [3.8, 4) is 11.5 Å². The number of hydrogen-bond acceptors (Lipinski definition) is 5. The first-order valence-corrected chi connectivity index (χ1v) is 7.25. The highest BCUT2D eigenvalue weighted by molar-refractivity contribution is 6.39. The van der Waals surface area contributed by atoms with Gasteiger partial charge in [0, 0.05) is 11.3 Å². The Balaban J connectivity index is 1.88. The number of anilines is 1. The van der Waals surface area contributed by atoms with E-state index in [1.807, 2.05) is 6.92 Å². The summed E-state index contributed by atoms with van der Waals surface area (Å²) >= 11 is 0. The van der Waals surface area contributed by atoms with Gasteiger partial charge in [0.05, 0.1) is 12.8 Å². The van der Waals surface area contributed by atoms with Crippen molar-refractivity contribution in [1.29, 1.82) is 0 Å². The van der Waals surface area contributed by atoms with Gasteiger partial charge in [0.1, 0.15) is 11.5 Å². The predicted octanol–water partition coefficient (Wildman–Crippen LogP) is 1.88. The third kappa shape index (κ3) is 4.84. The maximum absolute atomic E-state index is 11.8. The van der Waals surface area contributed by atoms with Gasteiger partial charge in [-0.15, -0.1) is 0 Å². The molecule has 0 atom stereocenters. The van der Waals surface area contributed by atoms with Gasteiger partial charge < -0.3 is 15.2 Å². The van der Waals surface area contributed by atoms with E-state index in [9.17, 15) is 14.7 Å². The third-order valence-corrected chi connectivity index (χ3v) is 2.94. The first kappa shape index (κ1) is 17.0. The van der Waals surface area contributed by atoms with Gasteiger partial charge in [-0.3, -0.25) is 9.59 Å². The zero-order valence-electron chi connectivity index (χ0n) is 13.0. The number of benzene rings is 2. The molecule has 2 aromatic rings. The van der Waals surface area contributed by atoms with Gasteiger partial charge in [0.15, 0.2) is 0 Å².